The number of benzene rings is 1. The van der Waals surface area contributed by atoms with Gasteiger partial charge in [-0.3, -0.25) is 4.99 Å². The lowest BCUT2D eigenvalue weighted by molar-refractivity contribution is 0.00989. The van der Waals surface area contributed by atoms with Crippen molar-refractivity contribution in [2.45, 2.75) is 38.3 Å². The first-order chi connectivity index (χ1) is 13.7. The topological polar surface area (TPSA) is 49.3 Å². The SMILES string of the molecule is CCNC(=NCC(c1ccccc1)N(C)C)N1CCC(OCCCOC)CC1.I. The van der Waals surface area contributed by atoms with E-state index in [0.717, 1.165) is 64.6 Å². The molecule has 7 heteroatoms. The minimum Gasteiger partial charge on any atom is -0.385 e. The largest absolute Gasteiger partial charge is 0.385 e. The van der Waals surface area contributed by atoms with E-state index in [2.05, 4.69) is 66.5 Å². The molecule has 1 aromatic rings. The molecule has 0 aromatic heterocycles. The number of rotatable bonds is 10. The van der Waals surface area contributed by atoms with Crippen molar-refractivity contribution in [2.24, 2.45) is 4.99 Å². The molecule has 1 atom stereocenters. The summed E-state index contributed by atoms with van der Waals surface area (Å²) >= 11 is 0. The van der Waals surface area contributed by atoms with Gasteiger partial charge in [0.05, 0.1) is 18.7 Å². The molecule has 1 heterocycles. The van der Waals surface area contributed by atoms with Gasteiger partial charge < -0.3 is 24.6 Å². The molecule has 0 amide bonds. The molecular weight excluding hydrogens is 479 g/mol. The average Bonchev–Trinajstić information content (AvgIpc) is 2.72. The van der Waals surface area contributed by atoms with Crippen LogP contribution in [0.3, 0.4) is 0 Å². The molecular formula is C22H39IN4O2. The van der Waals surface area contributed by atoms with Crippen molar-refractivity contribution < 1.29 is 9.47 Å². The maximum atomic E-state index is 5.99. The van der Waals surface area contributed by atoms with E-state index in [0.29, 0.717) is 6.10 Å². The molecule has 0 spiro atoms. The molecule has 1 saturated heterocycles. The Kier molecular flexibility index (Phi) is 13.5. The minimum absolute atomic E-state index is 0. The fourth-order valence-electron chi connectivity index (χ4n) is 3.53. The molecule has 0 radical (unpaired) electrons. The number of likely N-dealkylation sites (N-methyl/N-ethyl adjacent to an activating group) is 1. The summed E-state index contributed by atoms with van der Waals surface area (Å²) in [6.07, 6.45) is 3.42. The van der Waals surface area contributed by atoms with Crippen LogP contribution in [-0.4, -0.2) is 82.5 Å². The van der Waals surface area contributed by atoms with Crippen molar-refractivity contribution in [1.29, 1.82) is 0 Å². The van der Waals surface area contributed by atoms with E-state index < -0.39 is 0 Å². The number of hydrogen-bond acceptors (Lipinski definition) is 4. The monoisotopic (exact) mass is 518 g/mol. The average molecular weight is 518 g/mol. The molecule has 0 saturated carbocycles. The lowest BCUT2D eigenvalue weighted by Crippen LogP contribution is -2.47. The molecule has 1 aliphatic rings. The standard InChI is InChI=1S/C22H38N4O2.HI/c1-5-23-22(24-18-21(25(2)3)19-10-7-6-8-11-19)26-14-12-20(13-15-26)28-17-9-16-27-4;/h6-8,10-11,20-21H,5,9,12-18H2,1-4H3,(H,23,24);1H. The Morgan fingerprint density at radius 3 is 2.48 bits per heavy atom. The highest BCUT2D eigenvalue weighted by molar-refractivity contribution is 14.0. The molecule has 1 aromatic carbocycles. The zero-order valence-electron chi connectivity index (χ0n) is 18.5. The summed E-state index contributed by atoms with van der Waals surface area (Å²) in [5.41, 5.74) is 1.30. The molecule has 1 fully saturated rings. The molecule has 6 nitrogen and oxygen atoms in total. The van der Waals surface area contributed by atoms with Crippen LogP contribution in [0.4, 0.5) is 0 Å². The number of aliphatic imine (C=N–C) groups is 1. The van der Waals surface area contributed by atoms with Crippen LogP contribution in [0.2, 0.25) is 0 Å². The second kappa shape index (κ2) is 15.0. The molecule has 1 aliphatic heterocycles. The number of methoxy groups -OCH3 is 1. The number of likely N-dealkylation sites (tertiary alicyclic amines) is 1. The van der Waals surface area contributed by atoms with E-state index in [1.807, 2.05) is 0 Å². The van der Waals surface area contributed by atoms with Crippen LogP contribution in [0.25, 0.3) is 0 Å². The number of halogens is 1. The van der Waals surface area contributed by atoms with Crippen LogP contribution in [-0.2, 0) is 9.47 Å². The maximum absolute atomic E-state index is 5.99. The number of nitrogens with one attached hydrogen (secondary N) is 1. The first kappa shape index (κ1) is 26.1. The van der Waals surface area contributed by atoms with Crippen molar-refractivity contribution in [3.05, 3.63) is 35.9 Å². The Morgan fingerprint density at radius 1 is 1.21 bits per heavy atom. The minimum atomic E-state index is 0. The highest BCUT2D eigenvalue weighted by atomic mass is 127. The first-order valence-corrected chi connectivity index (χ1v) is 10.5. The van der Waals surface area contributed by atoms with Gasteiger partial charge in [-0.1, -0.05) is 30.3 Å². The van der Waals surface area contributed by atoms with Crippen LogP contribution in [0.5, 0.6) is 0 Å². The summed E-state index contributed by atoms with van der Waals surface area (Å²) in [6, 6.07) is 10.9. The number of nitrogens with zero attached hydrogens (tertiary/aromatic N) is 3. The number of piperidine rings is 1. The Morgan fingerprint density at radius 2 is 1.90 bits per heavy atom. The van der Waals surface area contributed by atoms with Crippen LogP contribution in [0.1, 0.15) is 37.8 Å². The zero-order chi connectivity index (χ0) is 20.2. The second-order valence-electron chi connectivity index (χ2n) is 7.49. The van der Waals surface area contributed by atoms with Crippen molar-refractivity contribution in [3.63, 3.8) is 0 Å². The van der Waals surface area contributed by atoms with Crippen molar-refractivity contribution in [2.75, 3.05) is 60.6 Å². The molecule has 1 unspecified atom stereocenters. The lowest BCUT2D eigenvalue weighted by atomic mass is 10.1. The summed E-state index contributed by atoms with van der Waals surface area (Å²) < 4.78 is 11.1. The van der Waals surface area contributed by atoms with E-state index in [4.69, 9.17) is 14.5 Å². The third kappa shape index (κ3) is 9.19. The normalized spacial score (nSPS) is 16.6. The number of guanidine groups is 1. The van der Waals surface area contributed by atoms with Crippen LogP contribution >= 0.6 is 24.0 Å². The molecule has 1 N–H and O–H groups in total. The van der Waals surface area contributed by atoms with Gasteiger partial charge in [-0.2, -0.15) is 0 Å². The van der Waals surface area contributed by atoms with Gasteiger partial charge in [0.15, 0.2) is 5.96 Å². The molecule has 0 aliphatic carbocycles. The van der Waals surface area contributed by atoms with Gasteiger partial charge in [0.1, 0.15) is 0 Å². The predicted molar refractivity (Wildman–Crippen MR) is 131 cm³/mol. The summed E-state index contributed by atoms with van der Waals surface area (Å²) in [5.74, 6) is 1.02. The van der Waals surface area contributed by atoms with E-state index >= 15 is 0 Å². The molecule has 0 bridgehead atoms. The predicted octanol–water partition coefficient (Wildman–Crippen LogP) is 3.39. The third-order valence-electron chi connectivity index (χ3n) is 5.14. The van der Waals surface area contributed by atoms with Crippen molar-refractivity contribution >= 4 is 29.9 Å². The van der Waals surface area contributed by atoms with Gasteiger partial charge in [-0.05, 0) is 45.8 Å². The van der Waals surface area contributed by atoms with E-state index in [1.165, 1.54) is 5.56 Å². The van der Waals surface area contributed by atoms with Crippen molar-refractivity contribution in [3.8, 4) is 0 Å². The Hall–Kier alpha value is -0.900. The Balaban J connectivity index is 0.00000420. The van der Waals surface area contributed by atoms with Crippen molar-refractivity contribution in [1.82, 2.24) is 15.1 Å². The highest BCUT2D eigenvalue weighted by Crippen LogP contribution is 2.19. The van der Waals surface area contributed by atoms with E-state index in [9.17, 15) is 0 Å². The Bertz CT molecular complexity index is 563. The summed E-state index contributed by atoms with van der Waals surface area (Å²) in [4.78, 5) is 9.59. The zero-order valence-corrected chi connectivity index (χ0v) is 20.8. The van der Waals surface area contributed by atoms with Gasteiger partial charge in [-0.25, -0.2) is 0 Å². The van der Waals surface area contributed by atoms with Crippen LogP contribution < -0.4 is 5.32 Å². The third-order valence-corrected chi connectivity index (χ3v) is 5.14. The molecule has 2 rings (SSSR count). The van der Waals surface area contributed by atoms with Gasteiger partial charge in [0.2, 0.25) is 0 Å². The van der Waals surface area contributed by atoms with Gasteiger partial charge in [-0.15, -0.1) is 24.0 Å². The summed E-state index contributed by atoms with van der Waals surface area (Å²) in [7, 11) is 5.97. The smallest absolute Gasteiger partial charge is 0.193 e. The van der Waals surface area contributed by atoms with Gasteiger partial charge in [0, 0.05) is 40.0 Å². The van der Waals surface area contributed by atoms with Crippen LogP contribution in [0, 0.1) is 0 Å². The fourth-order valence-corrected chi connectivity index (χ4v) is 3.53. The van der Waals surface area contributed by atoms with E-state index in [1.54, 1.807) is 7.11 Å². The van der Waals surface area contributed by atoms with Gasteiger partial charge in [0.25, 0.3) is 0 Å². The quantitative estimate of drug-likeness (QED) is 0.223. The highest BCUT2D eigenvalue weighted by Gasteiger charge is 2.22. The first-order valence-electron chi connectivity index (χ1n) is 10.5. The Labute approximate surface area is 194 Å². The maximum Gasteiger partial charge on any atom is 0.193 e. The lowest BCUT2D eigenvalue weighted by Gasteiger charge is -2.34. The van der Waals surface area contributed by atoms with Gasteiger partial charge >= 0.3 is 0 Å². The number of ether oxygens (including phenoxy) is 2. The second-order valence-corrected chi connectivity index (χ2v) is 7.49. The van der Waals surface area contributed by atoms with E-state index in [-0.39, 0.29) is 30.0 Å². The molecule has 29 heavy (non-hydrogen) atoms. The summed E-state index contributed by atoms with van der Waals surface area (Å²) in [5, 5.41) is 3.47. The van der Waals surface area contributed by atoms with Crippen LogP contribution in [0.15, 0.2) is 35.3 Å². The number of hydrogen-bond donors (Lipinski definition) is 1. The molecule has 166 valence electrons. The fraction of sp³-hybridized carbons (Fsp3) is 0.682. The summed E-state index contributed by atoms with van der Waals surface area (Å²) in [6.45, 7) is 7.27.